The monoisotopic (exact) mass is 268 g/mol. The minimum Gasteiger partial charge on any atom is -0.480 e. The molecule has 2 fully saturated rings. The van der Waals surface area contributed by atoms with Crippen LogP contribution in [-0.2, 0) is 4.79 Å². The normalized spacial score (nSPS) is 30.4. The Bertz CT molecular complexity index is 357. The van der Waals surface area contributed by atoms with Crippen molar-refractivity contribution < 1.29 is 14.7 Å². The van der Waals surface area contributed by atoms with Gasteiger partial charge in [-0.05, 0) is 43.4 Å². The van der Waals surface area contributed by atoms with Gasteiger partial charge in [-0.15, -0.1) is 0 Å². The number of hydrogen-bond donors (Lipinski definition) is 3. The minimum atomic E-state index is -0.961. The summed E-state index contributed by atoms with van der Waals surface area (Å²) in [6.07, 6.45) is 5.22. The number of aliphatic carboxylic acids is 1. The smallest absolute Gasteiger partial charge is 0.326 e. The average molecular weight is 268 g/mol. The fourth-order valence-corrected chi connectivity index (χ4v) is 3.48. The third kappa shape index (κ3) is 3.61. The van der Waals surface area contributed by atoms with Gasteiger partial charge in [0.2, 0.25) is 0 Å². The Morgan fingerprint density at radius 2 is 2.00 bits per heavy atom. The summed E-state index contributed by atoms with van der Waals surface area (Å²) < 4.78 is 0. The van der Waals surface area contributed by atoms with Crippen molar-refractivity contribution in [1.82, 2.24) is 10.6 Å². The van der Waals surface area contributed by atoms with Crippen LogP contribution >= 0.6 is 0 Å². The van der Waals surface area contributed by atoms with E-state index in [9.17, 15) is 9.59 Å². The Morgan fingerprint density at radius 1 is 1.26 bits per heavy atom. The van der Waals surface area contributed by atoms with Crippen LogP contribution in [-0.4, -0.2) is 29.2 Å². The third-order valence-electron chi connectivity index (χ3n) is 4.37. The Labute approximate surface area is 114 Å². The average Bonchev–Trinajstić information content (AvgIpc) is 2.89. The summed E-state index contributed by atoms with van der Waals surface area (Å²) >= 11 is 0. The van der Waals surface area contributed by atoms with Crippen LogP contribution in [0.2, 0.25) is 0 Å². The molecule has 4 atom stereocenters. The van der Waals surface area contributed by atoms with Gasteiger partial charge in [-0.3, -0.25) is 0 Å². The maximum absolute atomic E-state index is 11.9. The molecule has 0 radical (unpaired) electrons. The minimum absolute atomic E-state index is 0.240. The molecular formula is C14H24N2O3. The van der Waals surface area contributed by atoms with Crippen molar-refractivity contribution in [2.24, 2.45) is 17.8 Å². The largest absolute Gasteiger partial charge is 0.480 e. The van der Waals surface area contributed by atoms with Crippen LogP contribution in [0.1, 0.15) is 46.0 Å². The molecule has 0 aromatic heterocycles. The number of carboxylic acid groups (broad SMARTS) is 1. The van der Waals surface area contributed by atoms with Gasteiger partial charge in [0.05, 0.1) is 0 Å². The van der Waals surface area contributed by atoms with Crippen LogP contribution in [0.15, 0.2) is 0 Å². The molecule has 5 heteroatoms. The van der Waals surface area contributed by atoms with Gasteiger partial charge in [-0.2, -0.15) is 0 Å². The number of hydrogen-bond acceptors (Lipinski definition) is 2. The molecule has 2 rings (SSSR count). The Balaban J connectivity index is 1.81. The lowest BCUT2D eigenvalue weighted by Crippen LogP contribution is -2.50. The highest BCUT2D eigenvalue weighted by Gasteiger charge is 2.40. The van der Waals surface area contributed by atoms with E-state index < -0.39 is 12.0 Å². The highest BCUT2D eigenvalue weighted by atomic mass is 16.4. The Kier molecular flexibility index (Phi) is 4.32. The number of carbonyl (C=O) groups excluding carboxylic acids is 1. The lowest BCUT2D eigenvalue weighted by molar-refractivity contribution is -0.139. The fourth-order valence-electron chi connectivity index (χ4n) is 3.48. The lowest BCUT2D eigenvalue weighted by atomic mass is 9.95. The number of fused-ring (bicyclic) bond motifs is 2. The number of nitrogens with one attached hydrogen (secondary N) is 2. The van der Waals surface area contributed by atoms with Crippen LogP contribution in [0.3, 0.4) is 0 Å². The SMILES string of the molecule is CC(C)C[C@H](NC(=O)NC1CC2CCC1C2)C(=O)O. The summed E-state index contributed by atoms with van der Waals surface area (Å²) in [7, 11) is 0. The van der Waals surface area contributed by atoms with E-state index in [1.165, 1.54) is 19.3 Å². The van der Waals surface area contributed by atoms with Gasteiger partial charge in [0, 0.05) is 6.04 Å². The first-order valence-electron chi connectivity index (χ1n) is 7.25. The summed E-state index contributed by atoms with van der Waals surface area (Å²) in [5.41, 5.74) is 0. The summed E-state index contributed by atoms with van der Waals surface area (Å²) in [4.78, 5) is 23.0. The first-order valence-corrected chi connectivity index (χ1v) is 7.25. The summed E-state index contributed by atoms with van der Waals surface area (Å²) in [6.45, 7) is 3.90. The predicted molar refractivity (Wildman–Crippen MR) is 71.8 cm³/mol. The van der Waals surface area contributed by atoms with E-state index in [4.69, 9.17) is 5.11 Å². The molecule has 3 unspecified atom stereocenters. The second-order valence-corrected chi connectivity index (χ2v) is 6.42. The number of carbonyl (C=O) groups is 2. The molecule has 5 nitrogen and oxygen atoms in total. The van der Waals surface area contributed by atoms with Crippen LogP contribution in [0.25, 0.3) is 0 Å². The van der Waals surface area contributed by atoms with Gasteiger partial charge >= 0.3 is 12.0 Å². The number of amides is 2. The molecule has 108 valence electrons. The van der Waals surface area contributed by atoms with Gasteiger partial charge in [0.1, 0.15) is 6.04 Å². The Morgan fingerprint density at radius 3 is 2.47 bits per heavy atom. The van der Waals surface area contributed by atoms with Crippen molar-refractivity contribution in [3.8, 4) is 0 Å². The highest BCUT2D eigenvalue weighted by Crippen LogP contribution is 2.44. The van der Waals surface area contributed by atoms with Crippen molar-refractivity contribution in [3.05, 3.63) is 0 Å². The molecule has 0 saturated heterocycles. The molecule has 19 heavy (non-hydrogen) atoms. The fraction of sp³-hybridized carbons (Fsp3) is 0.857. The molecule has 3 N–H and O–H groups in total. The zero-order chi connectivity index (χ0) is 14.0. The Hall–Kier alpha value is -1.26. The predicted octanol–water partition coefficient (Wildman–Crippen LogP) is 1.97. The molecular weight excluding hydrogens is 244 g/mol. The number of rotatable bonds is 5. The van der Waals surface area contributed by atoms with E-state index in [0.29, 0.717) is 12.3 Å². The molecule has 0 spiro atoms. The van der Waals surface area contributed by atoms with Crippen molar-refractivity contribution in [3.63, 3.8) is 0 Å². The molecule has 0 heterocycles. The van der Waals surface area contributed by atoms with E-state index in [2.05, 4.69) is 10.6 Å². The van der Waals surface area contributed by atoms with Crippen molar-refractivity contribution in [2.75, 3.05) is 0 Å². The topological polar surface area (TPSA) is 78.4 Å². The van der Waals surface area contributed by atoms with E-state index >= 15 is 0 Å². The van der Waals surface area contributed by atoms with Gasteiger partial charge in [0.25, 0.3) is 0 Å². The van der Waals surface area contributed by atoms with Crippen LogP contribution in [0.4, 0.5) is 4.79 Å². The van der Waals surface area contributed by atoms with Crippen molar-refractivity contribution in [1.29, 1.82) is 0 Å². The quantitative estimate of drug-likeness (QED) is 0.713. The van der Waals surface area contributed by atoms with Gasteiger partial charge in [0.15, 0.2) is 0 Å². The molecule has 2 aliphatic rings. The second-order valence-electron chi connectivity index (χ2n) is 6.42. The summed E-state index contributed by atoms with van der Waals surface area (Å²) in [6, 6.07) is -0.878. The summed E-state index contributed by atoms with van der Waals surface area (Å²) in [5, 5.41) is 14.6. The van der Waals surface area contributed by atoms with E-state index in [1.54, 1.807) is 0 Å². The number of urea groups is 1. The zero-order valence-electron chi connectivity index (χ0n) is 11.7. The van der Waals surface area contributed by atoms with E-state index in [0.717, 1.165) is 12.3 Å². The molecule has 2 amide bonds. The van der Waals surface area contributed by atoms with Crippen LogP contribution < -0.4 is 10.6 Å². The standard InChI is InChI=1S/C14H24N2O3/c1-8(2)5-12(13(17)18)16-14(19)15-11-7-9-3-4-10(11)6-9/h8-12H,3-7H2,1-2H3,(H,17,18)(H2,15,16,19)/t9?,10?,11?,12-/m0/s1. The molecule has 0 aliphatic heterocycles. The van der Waals surface area contributed by atoms with E-state index in [1.807, 2.05) is 13.8 Å². The molecule has 2 saturated carbocycles. The molecule has 0 aromatic carbocycles. The van der Waals surface area contributed by atoms with Crippen LogP contribution in [0, 0.1) is 17.8 Å². The first-order chi connectivity index (χ1) is 8.95. The number of carboxylic acids is 1. The first kappa shape index (κ1) is 14.2. The maximum Gasteiger partial charge on any atom is 0.326 e. The van der Waals surface area contributed by atoms with E-state index in [-0.39, 0.29) is 18.0 Å². The van der Waals surface area contributed by atoms with Crippen molar-refractivity contribution in [2.45, 2.75) is 58.0 Å². The zero-order valence-corrected chi connectivity index (χ0v) is 11.7. The van der Waals surface area contributed by atoms with Crippen molar-refractivity contribution >= 4 is 12.0 Å². The maximum atomic E-state index is 11.9. The third-order valence-corrected chi connectivity index (χ3v) is 4.37. The summed E-state index contributed by atoms with van der Waals surface area (Å²) in [5.74, 6) is 0.644. The van der Waals surface area contributed by atoms with Crippen LogP contribution in [0.5, 0.6) is 0 Å². The molecule has 2 bridgehead atoms. The second kappa shape index (κ2) is 5.80. The molecule has 2 aliphatic carbocycles. The van der Waals surface area contributed by atoms with Gasteiger partial charge in [-0.25, -0.2) is 9.59 Å². The van der Waals surface area contributed by atoms with Gasteiger partial charge < -0.3 is 15.7 Å². The highest BCUT2D eigenvalue weighted by molar-refractivity contribution is 5.82. The molecule has 0 aromatic rings. The lowest BCUT2D eigenvalue weighted by Gasteiger charge is -2.24. The van der Waals surface area contributed by atoms with Gasteiger partial charge in [-0.1, -0.05) is 20.3 Å².